The third kappa shape index (κ3) is 2.84. The summed E-state index contributed by atoms with van der Waals surface area (Å²) in [4.78, 5) is 11.4. The van der Waals surface area contributed by atoms with Gasteiger partial charge in [-0.3, -0.25) is 4.79 Å². The minimum atomic E-state index is 0.587. The number of furan rings is 1. The van der Waals surface area contributed by atoms with Gasteiger partial charge in [0, 0.05) is 22.1 Å². The number of aldehydes is 1. The number of carbonyl (C=O) groups is 1. The molecule has 4 aromatic rings. The summed E-state index contributed by atoms with van der Waals surface area (Å²) in [5, 5.41) is 0.946. The molecule has 0 saturated heterocycles. The molecule has 4 rings (SSSR count). The lowest BCUT2D eigenvalue weighted by Crippen LogP contribution is -1.87. The van der Waals surface area contributed by atoms with Gasteiger partial charge in [0.25, 0.3) is 0 Å². The van der Waals surface area contributed by atoms with Crippen LogP contribution in [0, 0.1) is 11.8 Å². The molecule has 0 fully saturated rings. The minimum absolute atomic E-state index is 0.587. The van der Waals surface area contributed by atoms with Gasteiger partial charge < -0.3 is 4.42 Å². The Morgan fingerprint density at radius 2 is 1.48 bits per heavy atom. The van der Waals surface area contributed by atoms with E-state index in [0.29, 0.717) is 11.3 Å². The van der Waals surface area contributed by atoms with Crippen molar-refractivity contribution in [1.82, 2.24) is 0 Å². The number of hydrogen-bond donors (Lipinski definition) is 0. The first-order valence-electron chi connectivity index (χ1n) is 8.00. The predicted octanol–water partition coefficient (Wildman–Crippen LogP) is 5.31. The highest BCUT2D eigenvalue weighted by Gasteiger charge is 2.16. The molecule has 0 radical (unpaired) electrons. The Kier molecular flexibility index (Phi) is 3.90. The van der Waals surface area contributed by atoms with Crippen LogP contribution < -0.4 is 0 Å². The highest BCUT2D eigenvalue weighted by Crippen LogP contribution is 2.34. The van der Waals surface area contributed by atoms with Crippen LogP contribution in [0.5, 0.6) is 0 Å². The lowest BCUT2D eigenvalue weighted by atomic mass is 10.0. The van der Waals surface area contributed by atoms with Gasteiger partial charge in [-0.05, 0) is 24.3 Å². The molecule has 0 unspecified atom stereocenters. The molecule has 0 atom stereocenters. The largest absolute Gasteiger partial charge is 0.455 e. The maximum Gasteiger partial charge on any atom is 0.151 e. The van der Waals surface area contributed by atoms with Crippen molar-refractivity contribution in [2.75, 3.05) is 0 Å². The molecule has 25 heavy (non-hydrogen) atoms. The smallest absolute Gasteiger partial charge is 0.151 e. The van der Waals surface area contributed by atoms with Crippen molar-refractivity contribution in [3.63, 3.8) is 0 Å². The van der Waals surface area contributed by atoms with Crippen molar-refractivity contribution < 1.29 is 9.21 Å². The summed E-state index contributed by atoms with van der Waals surface area (Å²) in [5.74, 6) is 7.06. The van der Waals surface area contributed by atoms with Crippen molar-refractivity contribution in [3.05, 3.63) is 95.6 Å². The van der Waals surface area contributed by atoms with Gasteiger partial charge in [-0.1, -0.05) is 66.4 Å². The highest BCUT2D eigenvalue weighted by atomic mass is 16.3. The number of hydrogen-bond acceptors (Lipinski definition) is 2. The summed E-state index contributed by atoms with van der Waals surface area (Å²) in [5.41, 5.74) is 3.84. The topological polar surface area (TPSA) is 30.2 Å². The molecule has 118 valence electrons. The van der Waals surface area contributed by atoms with E-state index in [1.165, 1.54) is 0 Å². The van der Waals surface area contributed by atoms with E-state index < -0.39 is 0 Å². The van der Waals surface area contributed by atoms with Gasteiger partial charge in [-0.25, -0.2) is 0 Å². The van der Waals surface area contributed by atoms with Crippen LogP contribution in [-0.2, 0) is 0 Å². The fourth-order valence-corrected chi connectivity index (χ4v) is 2.82. The number of para-hydroxylation sites is 1. The lowest BCUT2D eigenvalue weighted by molar-refractivity contribution is 0.112. The molecular formula is C23H14O2. The molecule has 0 aliphatic rings. The van der Waals surface area contributed by atoms with Crippen LogP contribution in [0.25, 0.3) is 22.3 Å². The van der Waals surface area contributed by atoms with Gasteiger partial charge in [0.2, 0.25) is 0 Å². The summed E-state index contributed by atoms with van der Waals surface area (Å²) in [7, 11) is 0. The average molecular weight is 322 g/mol. The summed E-state index contributed by atoms with van der Waals surface area (Å²) < 4.78 is 6.05. The summed E-state index contributed by atoms with van der Waals surface area (Å²) in [6, 6.07) is 25.0. The van der Waals surface area contributed by atoms with Crippen molar-refractivity contribution in [3.8, 4) is 23.2 Å². The first-order valence-corrected chi connectivity index (χ1v) is 8.00. The lowest BCUT2D eigenvalue weighted by Gasteiger charge is -2.01. The van der Waals surface area contributed by atoms with Crippen molar-refractivity contribution >= 4 is 17.3 Å². The molecule has 2 heteroatoms. The number of benzene rings is 3. The molecule has 0 aliphatic heterocycles. The molecule has 0 bridgehead atoms. The zero-order valence-electron chi connectivity index (χ0n) is 13.4. The van der Waals surface area contributed by atoms with Crippen molar-refractivity contribution in [2.45, 2.75) is 0 Å². The molecule has 2 nitrogen and oxygen atoms in total. The second kappa shape index (κ2) is 6.51. The van der Waals surface area contributed by atoms with Gasteiger partial charge in [0.05, 0.1) is 5.56 Å². The van der Waals surface area contributed by atoms with Gasteiger partial charge in [0.15, 0.2) is 12.0 Å². The van der Waals surface area contributed by atoms with E-state index in [2.05, 4.69) is 11.8 Å². The standard InChI is InChI=1S/C23H14O2/c24-16-18-10-4-5-11-19(18)23-21(15-14-17-8-2-1-3-9-17)20-12-6-7-13-22(20)25-23/h1-13,16H. The Morgan fingerprint density at radius 1 is 0.760 bits per heavy atom. The Balaban J connectivity index is 1.96. The summed E-state index contributed by atoms with van der Waals surface area (Å²) in [6.45, 7) is 0. The fraction of sp³-hybridized carbons (Fsp3) is 0. The zero-order chi connectivity index (χ0) is 17.1. The number of fused-ring (bicyclic) bond motifs is 1. The molecule has 3 aromatic carbocycles. The molecule has 1 heterocycles. The number of rotatable bonds is 2. The van der Waals surface area contributed by atoms with Crippen LogP contribution in [0.2, 0.25) is 0 Å². The van der Waals surface area contributed by atoms with E-state index in [4.69, 9.17) is 4.42 Å². The molecular weight excluding hydrogens is 308 g/mol. The number of carbonyl (C=O) groups excluding carboxylic acids is 1. The van der Waals surface area contributed by atoms with Crippen molar-refractivity contribution in [1.29, 1.82) is 0 Å². The molecule has 0 aliphatic carbocycles. The van der Waals surface area contributed by atoms with E-state index in [1.54, 1.807) is 6.07 Å². The van der Waals surface area contributed by atoms with E-state index in [1.807, 2.05) is 72.8 Å². The molecule has 1 aromatic heterocycles. The Bertz CT molecular complexity index is 1110. The second-order valence-corrected chi connectivity index (χ2v) is 5.62. The highest BCUT2D eigenvalue weighted by molar-refractivity contribution is 5.95. The van der Waals surface area contributed by atoms with Crippen LogP contribution in [0.4, 0.5) is 0 Å². The molecule has 0 amide bonds. The molecule has 0 N–H and O–H groups in total. The Labute approximate surface area is 145 Å². The SMILES string of the molecule is O=Cc1ccccc1-c1oc2ccccc2c1C#Cc1ccccc1. The maximum atomic E-state index is 11.4. The Morgan fingerprint density at radius 3 is 2.32 bits per heavy atom. The fourth-order valence-electron chi connectivity index (χ4n) is 2.82. The monoisotopic (exact) mass is 322 g/mol. The summed E-state index contributed by atoms with van der Waals surface area (Å²) in [6.07, 6.45) is 0.844. The van der Waals surface area contributed by atoms with Gasteiger partial charge >= 0.3 is 0 Å². The van der Waals surface area contributed by atoms with E-state index in [0.717, 1.165) is 33.9 Å². The second-order valence-electron chi connectivity index (χ2n) is 5.62. The first kappa shape index (κ1) is 15.0. The first-order chi connectivity index (χ1) is 12.4. The van der Waals surface area contributed by atoms with E-state index in [-0.39, 0.29) is 0 Å². The van der Waals surface area contributed by atoms with Crippen LogP contribution in [-0.4, -0.2) is 6.29 Å². The van der Waals surface area contributed by atoms with Crippen LogP contribution in [0.15, 0.2) is 83.3 Å². The van der Waals surface area contributed by atoms with Gasteiger partial charge in [-0.2, -0.15) is 0 Å². The van der Waals surface area contributed by atoms with Crippen molar-refractivity contribution in [2.24, 2.45) is 0 Å². The third-order valence-corrected chi connectivity index (χ3v) is 4.03. The molecule has 0 saturated carbocycles. The van der Waals surface area contributed by atoms with E-state index in [9.17, 15) is 4.79 Å². The average Bonchev–Trinajstić information content (AvgIpc) is 3.05. The zero-order valence-corrected chi connectivity index (χ0v) is 13.4. The predicted molar refractivity (Wildman–Crippen MR) is 99.5 cm³/mol. The van der Waals surface area contributed by atoms with Gasteiger partial charge in [-0.15, -0.1) is 0 Å². The van der Waals surface area contributed by atoms with Crippen LogP contribution >= 0.6 is 0 Å². The normalized spacial score (nSPS) is 10.2. The summed E-state index contributed by atoms with van der Waals surface area (Å²) >= 11 is 0. The third-order valence-electron chi connectivity index (χ3n) is 4.03. The van der Waals surface area contributed by atoms with Crippen LogP contribution in [0.1, 0.15) is 21.5 Å². The van der Waals surface area contributed by atoms with Crippen LogP contribution in [0.3, 0.4) is 0 Å². The molecule has 0 spiro atoms. The van der Waals surface area contributed by atoms with Gasteiger partial charge in [0.1, 0.15) is 5.58 Å². The Hall–Kier alpha value is -3.57. The minimum Gasteiger partial charge on any atom is -0.455 e. The van der Waals surface area contributed by atoms with E-state index >= 15 is 0 Å². The maximum absolute atomic E-state index is 11.4. The quantitative estimate of drug-likeness (QED) is 0.370.